The van der Waals surface area contributed by atoms with Crippen LogP contribution in [0, 0.1) is 0 Å². The first kappa shape index (κ1) is 13.5. The van der Waals surface area contributed by atoms with E-state index in [0.29, 0.717) is 23.4 Å². The molecule has 2 rings (SSSR count). The minimum atomic E-state index is -0.216. The predicted molar refractivity (Wildman–Crippen MR) is 76.6 cm³/mol. The van der Waals surface area contributed by atoms with Gasteiger partial charge < -0.3 is 5.32 Å². The molecule has 2 N–H and O–H groups in total. The molecule has 0 aliphatic heterocycles. The maximum absolute atomic E-state index is 12.2. The maximum Gasteiger partial charge on any atom is 0.273 e. The largest absolute Gasteiger partial charge is 0.314 e. The van der Waals surface area contributed by atoms with E-state index in [-0.39, 0.29) is 11.1 Å². The van der Waals surface area contributed by atoms with Crippen LogP contribution in [0.1, 0.15) is 20.3 Å². The lowest BCUT2D eigenvalue weighted by molar-refractivity contribution is 0.499. The molecule has 2 aromatic rings. The molecule has 0 aliphatic rings. The molecule has 0 spiro atoms. The first-order valence-corrected chi connectivity index (χ1v) is 6.55. The lowest BCUT2D eigenvalue weighted by atomic mass is 10.2. The van der Waals surface area contributed by atoms with Gasteiger partial charge in [0.2, 0.25) is 0 Å². The van der Waals surface area contributed by atoms with Crippen LogP contribution < -0.4 is 16.4 Å². The van der Waals surface area contributed by atoms with Crippen LogP contribution in [0.5, 0.6) is 0 Å². The number of fused-ring (bicyclic) bond motifs is 1. The number of aromatic nitrogens is 2. The molecule has 0 radical (unpaired) electrons. The number of H-pyrrole nitrogens is 1. The molecule has 5 heteroatoms. The number of nitrogens with one attached hydrogen (secondary N) is 2. The van der Waals surface area contributed by atoms with Crippen LogP contribution in [-0.4, -0.2) is 22.4 Å². The standard InChI is InChI=1S/C14H19N3O2/c1-10(2)15-8-5-9-17-14(19)12-7-4-3-6-11(12)13(18)16-17/h3-4,6-7,10,15H,5,8-9H2,1-2H3,(H,16,18). The summed E-state index contributed by atoms with van der Waals surface area (Å²) in [5, 5.41) is 6.83. The summed E-state index contributed by atoms with van der Waals surface area (Å²) in [6, 6.07) is 7.31. The van der Waals surface area contributed by atoms with Crippen molar-refractivity contribution in [2.45, 2.75) is 32.9 Å². The van der Waals surface area contributed by atoms with Gasteiger partial charge in [0, 0.05) is 12.6 Å². The number of nitrogens with zero attached hydrogens (tertiary/aromatic N) is 1. The third-order valence-electron chi connectivity index (χ3n) is 2.99. The van der Waals surface area contributed by atoms with Crippen molar-refractivity contribution in [1.82, 2.24) is 15.1 Å². The van der Waals surface area contributed by atoms with Crippen molar-refractivity contribution in [2.75, 3.05) is 6.54 Å². The van der Waals surface area contributed by atoms with Gasteiger partial charge in [0.1, 0.15) is 0 Å². The number of rotatable bonds is 5. The van der Waals surface area contributed by atoms with Crippen LogP contribution in [0.2, 0.25) is 0 Å². The lowest BCUT2D eigenvalue weighted by Crippen LogP contribution is -2.31. The molecule has 0 bridgehead atoms. The molecule has 5 nitrogen and oxygen atoms in total. The second-order valence-electron chi connectivity index (χ2n) is 4.91. The molecular weight excluding hydrogens is 242 g/mol. The summed E-state index contributed by atoms with van der Waals surface area (Å²) < 4.78 is 1.40. The van der Waals surface area contributed by atoms with E-state index in [2.05, 4.69) is 24.3 Å². The minimum absolute atomic E-state index is 0.139. The highest BCUT2D eigenvalue weighted by atomic mass is 16.2. The molecule has 0 atom stereocenters. The van der Waals surface area contributed by atoms with E-state index in [4.69, 9.17) is 0 Å². The van der Waals surface area contributed by atoms with Gasteiger partial charge in [-0.15, -0.1) is 0 Å². The van der Waals surface area contributed by atoms with Crippen molar-refractivity contribution in [3.8, 4) is 0 Å². The van der Waals surface area contributed by atoms with E-state index in [0.717, 1.165) is 13.0 Å². The molecule has 1 heterocycles. The Morgan fingerprint density at radius 3 is 2.58 bits per heavy atom. The number of benzene rings is 1. The fourth-order valence-electron chi connectivity index (χ4n) is 2.03. The smallest absolute Gasteiger partial charge is 0.273 e. The first-order chi connectivity index (χ1) is 9.09. The fraction of sp³-hybridized carbons (Fsp3) is 0.429. The average molecular weight is 261 g/mol. The Bertz CT molecular complexity index is 670. The lowest BCUT2D eigenvalue weighted by Gasteiger charge is -2.09. The van der Waals surface area contributed by atoms with Crippen molar-refractivity contribution in [3.05, 3.63) is 45.0 Å². The van der Waals surface area contributed by atoms with Crippen LogP contribution >= 0.6 is 0 Å². The molecular formula is C14H19N3O2. The molecule has 0 unspecified atom stereocenters. The Labute approximate surface area is 111 Å². The fourth-order valence-corrected chi connectivity index (χ4v) is 2.03. The van der Waals surface area contributed by atoms with Gasteiger partial charge in [-0.05, 0) is 25.1 Å². The highest BCUT2D eigenvalue weighted by Crippen LogP contribution is 2.02. The second-order valence-corrected chi connectivity index (χ2v) is 4.91. The topological polar surface area (TPSA) is 66.9 Å². The molecule has 0 fully saturated rings. The maximum atomic E-state index is 12.2. The van der Waals surface area contributed by atoms with Gasteiger partial charge in [-0.3, -0.25) is 14.7 Å². The molecule has 0 aliphatic carbocycles. The van der Waals surface area contributed by atoms with E-state index in [1.807, 2.05) is 0 Å². The molecule has 0 saturated carbocycles. The zero-order chi connectivity index (χ0) is 13.8. The van der Waals surface area contributed by atoms with Crippen LogP contribution in [-0.2, 0) is 6.54 Å². The van der Waals surface area contributed by atoms with E-state index in [1.165, 1.54) is 4.68 Å². The molecule has 1 aromatic carbocycles. The molecule has 0 amide bonds. The summed E-state index contributed by atoms with van der Waals surface area (Å²) in [7, 11) is 0. The molecule has 19 heavy (non-hydrogen) atoms. The number of aromatic amines is 1. The zero-order valence-corrected chi connectivity index (χ0v) is 11.3. The van der Waals surface area contributed by atoms with E-state index in [9.17, 15) is 9.59 Å². The Kier molecular flexibility index (Phi) is 4.16. The quantitative estimate of drug-likeness (QED) is 0.791. The summed E-state index contributed by atoms with van der Waals surface area (Å²) >= 11 is 0. The summed E-state index contributed by atoms with van der Waals surface area (Å²) in [6.07, 6.45) is 0.798. The molecule has 102 valence electrons. The van der Waals surface area contributed by atoms with E-state index < -0.39 is 0 Å². The monoisotopic (exact) mass is 261 g/mol. The normalized spacial score (nSPS) is 11.3. The Balaban J connectivity index is 2.23. The summed E-state index contributed by atoms with van der Waals surface area (Å²) in [5.41, 5.74) is -0.355. The van der Waals surface area contributed by atoms with E-state index >= 15 is 0 Å². The number of hydrogen-bond donors (Lipinski definition) is 2. The number of hydrogen-bond acceptors (Lipinski definition) is 3. The highest BCUT2D eigenvalue weighted by Gasteiger charge is 2.05. The summed E-state index contributed by atoms with van der Waals surface area (Å²) in [5.74, 6) is 0. The first-order valence-electron chi connectivity index (χ1n) is 6.55. The minimum Gasteiger partial charge on any atom is -0.314 e. The van der Waals surface area contributed by atoms with Crippen LogP contribution in [0.25, 0.3) is 10.8 Å². The predicted octanol–water partition coefficient (Wildman–Crippen LogP) is 1.08. The third-order valence-corrected chi connectivity index (χ3v) is 2.99. The Morgan fingerprint density at radius 2 is 1.89 bits per heavy atom. The van der Waals surface area contributed by atoms with Gasteiger partial charge in [-0.2, -0.15) is 0 Å². The van der Waals surface area contributed by atoms with Crippen LogP contribution in [0.4, 0.5) is 0 Å². The van der Waals surface area contributed by atoms with Crippen molar-refractivity contribution in [1.29, 1.82) is 0 Å². The van der Waals surface area contributed by atoms with Crippen LogP contribution in [0.3, 0.4) is 0 Å². The SMILES string of the molecule is CC(C)NCCCn1[nH]c(=O)c2ccccc2c1=O. The van der Waals surface area contributed by atoms with E-state index in [1.54, 1.807) is 24.3 Å². The van der Waals surface area contributed by atoms with Gasteiger partial charge in [0.25, 0.3) is 11.1 Å². The zero-order valence-electron chi connectivity index (χ0n) is 11.3. The van der Waals surface area contributed by atoms with Crippen molar-refractivity contribution in [3.63, 3.8) is 0 Å². The van der Waals surface area contributed by atoms with Gasteiger partial charge in [0.05, 0.1) is 10.8 Å². The molecule has 0 saturated heterocycles. The van der Waals surface area contributed by atoms with Crippen molar-refractivity contribution < 1.29 is 0 Å². The van der Waals surface area contributed by atoms with Gasteiger partial charge in [-0.1, -0.05) is 26.0 Å². The van der Waals surface area contributed by atoms with Gasteiger partial charge in [-0.25, -0.2) is 4.68 Å². The third kappa shape index (κ3) is 3.12. The second kappa shape index (κ2) is 5.84. The number of aryl methyl sites for hydroxylation is 1. The van der Waals surface area contributed by atoms with Crippen molar-refractivity contribution in [2.24, 2.45) is 0 Å². The Hall–Kier alpha value is -1.88. The van der Waals surface area contributed by atoms with Crippen molar-refractivity contribution >= 4 is 10.8 Å². The summed E-state index contributed by atoms with van der Waals surface area (Å²) in [4.78, 5) is 24.0. The highest BCUT2D eigenvalue weighted by molar-refractivity contribution is 5.80. The molecule has 1 aromatic heterocycles. The van der Waals surface area contributed by atoms with Gasteiger partial charge in [0.15, 0.2) is 0 Å². The Morgan fingerprint density at radius 1 is 1.21 bits per heavy atom. The van der Waals surface area contributed by atoms with Gasteiger partial charge >= 0.3 is 0 Å². The average Bonchev–Trinajstić information content (AvgIpc) is 2.40. The summed E-state index contributed by atoms with van der Waals surface area (Å²) in [6.45, 7) is 5.48. The van der Waals surface area contributed by atoms with Crippen LogP contribution in [0.15, 0.2) is 33.9 Å².